The van der Waals surface area contributed by atoms with E-state index in [1.807, 2.05) is 18.2 Å². The second-order valence-corrected chi connectivity index (χ2v) is 5.02. The lowest BCUT2D eigenvalue weighted by Crippen LogP contribution is -2.12. The number of nitrogens with one attached hydrogen (secondary N) is 2. The van der Waals surface area contributed by atoms with E-state index in [1.54, 1.807) is 13.0 Å². The Bertz CT molecular complexity index is 662. The number of rotatable bonds is 2. The fourth-order valence-corrected chi connectivity index (χ4v) is 2.45. The Morgan fingerprint density at radius 2 is 2.10 bits per heavy atom. The average molecular weight is 270 g/mol. The smallest absolute Gasteiger partial charge is 0.255 e. The van der Waals surface area contributed by atoms with Crippen molar-refractivity contribution in [2.24, 2.45) is 0 Å². The number of amides is 1. The second kappa shape index (κ2) is 4.96. The molecule has 3 rings (SSSR count). The van der Waals surface area contributed by atoms with E-state index in [9.17, 15) is 9.18 Å². The number of aryl methyl sites for hydroxylation is 1. The highest BCUT2D eigenvalue weighted by Gasteiger charge is 2.12. The minimum Gasteiger partial charge on any atom is -0.384 e. The van der Waals surface area contributed by atoms with Crippen LogP contribution in [0.3, 0.4) is 0 Å². The van der Waals surface area contributed by atoms with Crippen LogP contribution in [-0.2, 0) is 6.42 Å². The molecule has 0 fully saturated rings. The van der Waals surface area contributed by atoms with Gasteiger partial charge in [0.2, 0.25) is 0 Å². The lowest BCUT2D eigenvalue weighted by Gasteiger charge is -2.08. The third-order valence-corrected chi connectivity index (χ3v) is 3.38. The Morgan fingerprint density at radius 1 is 1.25 bits per heavy atom. The molecule has 20 heavy (non-hydrogen) atoms. The molecule has 0 saturated carbocycles. The van der Waals surface area contributed by atoms with Gasteiger partial charge in [0.1, 0.15) is 5.82 Å². The quantitative estimate of drug-likeness (QED) is 0.878. The van der Waals surface area contributed by atoms with Gasteiger partial charge in [-0.1, -0.05) is 0 Å². The Hall–Kier alpha value is -2.36. The van der Waals surface area contributed by atoms with Crippen molar-refractivity contribution in [3.63, 3.8) is 0 Å². The van der Waals surface area contributed by atoms with Crippen LogP contribution in [0.4, 0.5) is 15.8 Å². The van der Waals surface area contributed by atoms with E-state index in [1.165, 1.54) is 17.7 Å². The van der Waals surface area contributed by atoms with Crippen molar-refractivity contribution in [1.82, 2.24) is 0 Å². The number of anilines is 2. The Balaban J connectivity index is 1.82. The van der Waals surface area contributed by atoms with Crippen molar-refractivity contribution < 1.29 is 9.18 Å². The molecule has 1 aliphatic heterocycles. The predicted octanol–water partition coefficient (Wildman–Crippen LogP) is 3.35. The maximum atomic E-state index is 13.3. The standard InChI is InChI=1S/C16H15FN2O/c1-10-6-12(8-13(17)7-10)16(20)19-14-2-3-15-11(9-14)4-5-18-15/h2-3,6-9,18H,4-5H2,1H3,(H,19,20). The molecule has 2 aromatic rings. The molecule has 0 aliphatic carbocycles. The molecule has 0 saturated heterocycles. The minimum absolute atomic E-state index is 0.293. The molecule has 0 aromatic heterocycles. The molecule has 1 amide bonds. The summed E-state index contributed by atoms with van der Waals surface area (Å²) in [7, 11) is 0. The largest absolute Gasteiger partial charge is 0.384 e. The lowest BCUT2D eigenvalue weighted by molar-refractivity contribution is 0.102. The van der Waals surface area contributed by atoms with E-state index < -0.39 is 5.82 Å². The van der Waals surface area contributed by atoms with Crippen molar-refractivity contribution in [3.8, 4) is 0 Å². The van der Waals surface area contributed by atoms with Gasteiger partial charge in [0.05, 0.1) is 0 Å². The van der Waals surface area contributed by atoms with Crippen molar-refractivity contribution in [3.05, 3.63) is 58.9 Å². The molecule has 0 spiro atoms. The van der Waals surface area contributed by atoms with Crippen LogP contribution < -0.4 is 10.6 Å². The van der Waals surface area contributed by atoms with Gasteiger partial charge in [0.15, 0.2) is 0 Å². The van der Waals surface area contributed by atoms with Gasteiger partial charge in [0.25, 0.3) is 5.91 Å². The molecule has 2 aromatic carbocycles. The molecular weight excluding hydrogens is 255 g/mol. The van der Waals surface area contributed by atoms with Gasteiger partial charge < -0.3 is 10.6 Å². The highest BCUT2D eigenvalue weighted by Crippen LogP contribution is 2.25. The van der Waals surface area contributed by atoms with Crippen molar-refractivity contribution >= 4 is 17.3 Å². The monoisotopic (exact) mass is 270 g/mol. The van der Waals surface area contributed by atoms with Gasteiger partial charge in [0, 0.05) is 23.5 Å². The lowest BCUT2D eigenvalue weighted by atomic mass is 10.1. The van der Waals surface area contributed by atoms with Crippen LogP contribution in [0.15, 0.2) is 36.4 Å². The molecule has 4 heteroatoms. The summed E-state index contributed by atoms with van der Waals surface area (Å²) in [6.07, 6.45) is 0.956. The number of halogens is 1. The number of hydrogen-bond acceptors (Lipinski definition) is 2. The zero-order valence-electron chi connectivity index (χ0n) is 11.2. The van der Waals surface area contributed by atoms with Crippen LogP contribution in [0, 0.1) is 12.7 Å². The molecule has 1 aliphatic rings. The van der Waals surface area contributed by atoms with Crippen LogP contribution in [0.1, 0.15) is 21.5 Å². The maximum absolute atomic E-state index is 13.3. The summed E-state index contributed by atoms with van der Waals surface area (Å²) in [5.74, 6) is -0.688. The number of carbonyl (C=O) groups is 1. The maximum Gasteiger partial charge on any atom is 0.255 e. The van der Waals surface area contributed by atoms with Gasteiger partial charge >= 0.3 is 0 Å². The number of carbonyl (C=O) groups excluding carboxylic acids is 1. The van der Waals surface area contributed by atoms with Gasteiger partial charge in [-0.05, 0) is 60.9 Å². The van der Waals surface area contributed by atoms with E-state index in [0.29, 0.717) is 5.56 Å². The van der Waals surface area contributed by atoms with Gasteiger partial charge in [-0.2, -0.15) is 0 Å². The predicted molar refractivity (Wildman–Crippen MR) is 77.7 cm³/mol. The summed E-state index contributed by atoms with van der Waals surface area (Å²) in [5.41, 5.74) is 4.11. The SMILES string of the molecule is Cc1cc(F)cc(C(=O)Nc2ccc3c(c2)CCN3)c1. The molecule has 3 nitrogen and oxygen atoms in total. The Morgan fingerprint density at radius 3 is 2.90 bits per heavy atom. The first-order chi connectivity index (χ1) is 9.61. The van der Waals surface area contributed by atoms with Crippen LogP contribution in [-0.4, -0.2) is 12.5 Å². The average Bonchev–Trinajstić information content (AvgIpc) is 2.85. The third kappa shape index (κ3) is 2.50. The van der Waals surface area contributed by atoms with Gasteiger partial charge in [-0.15, -0.1) is 0 Å². The Kier molecular flexibility index (Phi) is 3.14. The summed E-state index contributed by atoms with van der Waals surface area (Å²) in [5, 5.41) is 6.07. The first-order valence-electron chi connectivity index (χ1n) is 6.57. The van der Waals surface area contributed by atoms with Crippen LogP contribution >= 0.6 is 0 Å². The number of fused-ring (bicyclic) bond motifs is 1. The fourth-order valence-electron chi connectivity index (χ4n) is 2.45. The van der Waals surface area contributed by atoms with Crippen LogP contribution in [0.5, 0.6) is 0 Å². The van der Waals surface area contributed by atoms with Gasteiger partial charge in [-0.25, -0.2) is 4.39 Å². The van der Waals surface area contributed by atoms with E-state index in [-0.39, 0.29) is 5.91 Å². The van der Waals surface area contributed by atoms with Crippen molar-refractivity contribution in [1.29, 1.82) is 0 Å². The third-order valence-electron chi connectivity index (χ3n) is 3.38. The van der Waals surface area contributed by atoms with E-state index in [4.69, 9.17) is 0 Å². The normalized spacial score (nSPS) is 12.7. The summed E-state index contributed by atoms with van der Waals surface area (Å²) in [6, 6.07) is 10.1. The van der Waals surface area contributed by atoms with Crippen LogP contribution in [0.2, 0.25) is 0 Å². The first kappa shape index (κ1) is 12.7. The summed E-state index contributed by atoms with van der Waals surface area (Å²) < 4.78 is 13.3. The van der Waals surface area contributed by atoms with E-state index in [0.717, 1.165) is 29.9 Å². The van der Waals surface area contributed by atoms with Crippen LogP contribution in [0.25, 0.3) is 0 Å². The second-order valence-electron chi connectivity index (χ2n) is 5.02. The molecule has 0 bridgehead atoms. The molecular formula is C16H15FN2O. The van der Waals surface area contributed by atoms with E-state index in [2.05, 4.69) is 10.6 Å². The summed E-state index contributed by atoms with van der Waals surface area (Å²) in [6.45, 7) is 2.69. The number of benzene rings is 2. The molecule has 0 radical (unpaired) electrons. The fraction of sp³-hybridized carbons (Fsp3) is 0.188. The molecule has 0 unspecified atom stereocenters. The zero-order valence-corrected chi connectivity index (χ0v) is 11.2. The molecule has 0 atom stereocenters. The molecule has 1 heterocycles. The van der Waals surface area contributed by atoms with E-state index >= 15 is 0 Å². The van der Waals surface area contributed by atoms with Crippen molar-refractivity contribution in [2.45, 2.75) is 13.3 Å². The summed E-state index contributed by atoms with van der Waals surface area (Å²) in [4.78, 5) is 12.1. The molecule has 2 N–H and O–H groups in total. The van der Waals surface area contributed by atoms with Crippen molar-refractivity contribution in [2.75, 3.05) is 17.2 Å². The minimum atomic E-state index is -0.395. The first-order valence-corrected chi connectivity index (χ1v) is 6.57. The highest BCUT2D eigenvalue weighted by atomic mass is 19.1. The zero-order chi connectivity index (χ0) is 14.1. The summed E-state index contributed by atoms with van der Waals surface area (Å²) >= 11 is 0. The highest BCUT2D eigenvalue weighted by molar-refractivity contribution is 6.04. The Labute approximate surface area is 116 Å². The van der Waals surface area contributed by atoms with Gasteiger partial charge in [-0.3, -0.25) is 4.79 Å². The topological polar surface area (TPSA) is 41.1 Å². The molecule has 102 valence electrons. The number of hydrogen-bond donors (Lipinski definition) is 2.